The minimum atomic E-state index is 0.203. The molecule has 0 aliphatic heterocycles. The maximum Gasteiger partial charge on any atom is 0.0278 e. The summed E-state index contributed by atoms with van der Waals surface area (Å²) in [5, 5.41) is 7.25. The van der Waals surface area contributed by atoms with Crippen molar-refractivity contribution in [3.05, 3.63) is 0 Å². The van der Waals surface area contributed by atoms with Gasteiger partial charge in [0.15, 0.2) is 0 Å². The van der Waals surface area contributed by atoms with Crippen LogP contribution in [0.25, 0.3) is 0 Å². The van der Waals surface area contributed by atoms with Crippen LogP contribution in [-0.4, -0.2) is 24.7 Å². The summed E-state index contributed by atoms with van der Waals surface area (Å²) >= 11 is 0. The van der Waals surface area contributed by atoms with E-state index in [4.69, 9.17) is 0 Å². The van der Waals surface area contributed by atoms with Crippen molar-refractivity contribution in [2.75, 3.05) is 13.1 Å². The predicted octanol–water partition coefficient (Wildman–Crippen LogP) is 4.10. The van der Waals surface area contributed by atoms with Crippen molar-refractivity contribution < 1.29 is 0 Å². The molecule has 2 N–H and O–H groups in total. The maximum absolute atomic E-state index is 3.65. The molecule has 0 saturated carbocycles. The first-order valence-electron chi connectivity index (χ1n) is 8.06. The first-order valence-corrected chi connectivity index (χ1v) is 8.06. The minimum Gasteiger partial charge on any atom is -0.312 e. The Morgan fingerprint density at radius 1 is 0.833 bits per heavy atom. The van der Waals surface area contributed by atoms with Crippen molar-refractivity contribution in [2.24, 2.45) is 0 Å². The molecule has 0 saturated heterocycles. The second kappa shape index (κ2) is 10.8. The topological polar surface area (TPSA) is 24.1 Å². The van der Waals surface area contributed by atoms with Gasteiger partial charge < -0.3 is 10.6 Å². The van der Waals surface area contributed by atoms with E-state index >= 15 is 0 Å². The Morgan fingerprint density at radius 2 is 1.44 bits per heavy atom. The molecule has 1 atom stereocenters. The quantitative estimate of drug-likeness (QED) is 0.514. The molecule has 1 unspecified atom stereocenters. The van der Waals surface area contributed by atoms with Crippen LogP contribution in [0.5, 0.6) is 0 Å². The molecule has 0 heterocycles. The zero-order valence-electron chi connectivity index (χ0n) is 13.4. The molecule has 0 aromatic carbocycles. The standard InChI is InChI=1S/C16H36N2/c1-6-9-10-11-12-13-14-15(17-7-2)16(4,5)18-8-3/h15,17-18H,6-14H2,1-5H3. The summed E-state index contributed by atoms with van der Waals surface area (Å²) in [6.45, 7) is 13.4. The summed E-state index contributed by atoms with van der Waals surface area (Å²) in [6, 6.07) is 0.591. The highest BCUT2D eigenvalue weighted by Gasteiger charge is 2.26. The molecular formula is C16H36N2. The molecule has 0 fully saturated rings. The number of nitrogens with one attached hydrogen (secondary N) is 2. The molecule has 0 rings (SSSR count). The van der Waals surface area contributed by atoms with Gasteiger partial charge in [0.05, 0.1) is 0 Å². The summed E-state index contributed by atoms with van der Waals surface area (Å²) in [5.41, 5.74) is 0.203. The summed E-state index contributed by atoms with van der Waals surface area (Å²) in [6.07, 6.45) is 9.61. The molecular weight excluding hydrogens is 220 g/mol. The first kappa shape index (κ1) is 17.9. The van der Waals surface area contributed by atoms with Gasteiger partial charge in [0.1, 0.15) is 0 Å². The monoisotopic (exact) mass is 256 g/mol. The van der Waals surface area contributed by atoms with E-state index in [1.807, 2.05) is 0 Å². The molecule has 0 bridgehead atoms. The zero-order chi connectivity index (χ0) is 13.9. The lowest BCUT2D eigenvalue weighted by Gasteiger charge is -2.36. The van der Waals surface area contributed by atoms with Crippen molar-refractivity contribution in [1.82, 2.24) is 10.6 Å². The molecule has 110 valence electrons. The van der Waals surface area contributed by atoms with Crippen molar-refractivity contribution in [3.63, 3.8) is 0 Å². The average Bonchev–Trinajstić information content (AvgIpc) is 2.32. The summed E-state index contributed by atoms with van der Waals surface area (Å²) in [7, 11) is 0. The van der Waals surface area contributed by atoms with Crippen molar-refractivity contribution >= 4 is 0 Å². The first-order chi connectivity index (χ1) is 8.58. The van der Waals surface area contributed by atoms with Gasteiger partial charge in [-0.1, -0.05) is 59.3 Å². The third kappa shape index (κ3) is 8.10. The number of rotatable bonds is 12. The van der Waals surface area contributed by atoms with Gasteiger partial charge in [-0.15, -0.1) is 0 Å². The lowest BCUT2D eigenvalue weighted by Crippen LogP contribution is -2.55. The lowest BCUT2D eigenvalue weighted by molar-refractivity contribution is 0.265. The fourth-order valence-corrected chi connectivity index (χ4v) is 2.67. The molecule has 2 heteroatoms. The fourth-order valence-electron chi connectivity index (χ4n) is 2.67. The third-order valence-electron chi connectivity index (χ3n) is 3.80. The summed E-state index contributed by atoms with van der Waals surface area (Å²) < 4.78 is 0. The van der Waals surface area contributed by atoms with E-state index in [0.717, 1.165) is 13.1 Å². The predicted molar refractivity (Wildman–Crippen MR) is 83.2 cm³/mol. The maximum atomic E-state index is 3.65. The van der Waals surface area contributed by atoms with Gasteiger partial charge in [-0.3, -0.25) is 0 Å². The molecule has 0 aromatic heterocycles. The van der Waals surface area contributed by atoms with Crippen LogP contribution in [-0.2, 0) is 0 Å². The summed E-state index contributed by atoms with van der Waals surface area (Å²) in [4.78, 5) is 0. The van der Waals surface area contributed by atoms with Crippen LogP contribution in [0.3, 0.4) is 0 Å². The summed E-state index contributed by atoms with van der Waals surface area (Å²) in [5.74, 6) is 0. The Kier molecular flexibility index (Phi) is 10.8. The van der Waals surface area contributed by atoms with Gasteiger partial charge in [0, 0.05) is 11.6 Å². The van der Waals surface area contributed by atoms with Crippen LogP contribution in [0.4, 0.5) is 0 Å². The average molecular weight is 256 g/mol. The van der Waals surface area contributed by atoms with Crippen LogP contribution in [0.2, 0.25) is 0 Å². The molecule has 0 aromatic rings. The molecule has 2 nitrogen and oxygen atoms in total. The molecule has 0 aliphatic carbocycles. The van der Waals surface area contributed by atoms with E-state index in [2.05, 4.69) is 45.3 Å². The van der Waals surface area contributed by atoms with E-state index < -0.39 is 0 Å². The van der Waals surface area contributed by atoms with E-state index in [1.165, 1.54) is 44.9 Å². The van der Waals surface area contributed by atoms with Crippen molar-refractivity contribution in [1.29, 1.82) is 0 Å². The van der Waals surface area contributed by atoms with Gasteiger partial charge in [-0.05, 0) is 33.4 Å². The smallest absolute Gasteiger partial charge is 0.0278 e. The highest BCUT2D eigenvalue weighted by molar-refractivity contribution is 4.90. The second-order valence-corrected chi connectivity index (χ2v) is 5.92. The SMILES string of the molecule is CCCCCCCCC(NCC)C(C)(C)NCC. The van der Waals surface area contributed by atoms with Gasteiger partial charge in [0.2, 0.25) is 0 Å². The number of unbranched alkanes of at least 4 members (excludes halogenated alkanes) is 5. The van der Waals surface area contributed by atoms with Crippen LogP contribution in [0, 0.1) is 0 Å². The molecule has 0 radical (unpaired) electrons. The Bertz CT molecular complexity index is 178. The molecule has 0 spiro atoms. The fraction of sp³-hybridized carbons (Fsp3) is 1.00. The third-order valence-corrected chi connectivity index (χ3v) is 3.80. The Balaban J connectivity index is 3.89. The molecule has 18 heavy (non-hydrogen) atoms. The highest BCUT2D eigenvalue weighted by atomic mass is 15.0. The normalized spacial score (nSPS) is 13.8. The van der Waals surface area contributed by atoms with E-state index in [1.54, 1.807) is 0 Å². The lowest BCUT2D eigenvalue weighted by atomic mass is 9.89. The van der Waals surface area contributed by atoms with Gasteiger partial charge >= 0.3 is 0 Å². The Labute approximate surface area is 115 Å². The molecule has 0 aliphatic rings. The minimum absolute atomic E-state index is 0.203. The van der Waals surface area contributed by atoms with Crippen LogP contribution in [0.15, 0.2) is 0 Å². The van der Waals surface area contributed by atoms with E-state index in [0.29, 0.717) is 6.04 Å². The van der Waals surface area contributed by atoms with Crippen molar-refractivity contribution in [3.8, 4) is 0 Å². The van der Waals surface area contributed by atoms with Gasteiger partial charge in [-0.2, -0.15) is 0 Å². The number of likely N-dealkylation sites (N-methyl/N-ethyl adjacent to an activating group) is 2. The Hall–Kier alpha value is -0.0800. The van der Waals surface area contributed by atoms with Gasteiger partial charge in [0.25, 0.3) is 0 Å². The second-order valence-electron chi connectivity index (χ2n) is 5.92. The number of hydrogen-bond donors (Lipinski definition) is 2. The van der Waals surface area contributed by atoms with Gasteiger partial charge in [-0.25, -0.2) is 0 Å². The van der Waals surface area contributed by atoms with E-state index in [9.17, 15) is 0 Å². The van der Waals surface area contributed by atoms with Crippen molar-refractivity contribution in [2.45, 2.75) is 91.1 Å². The van der Waals surface area contributed by atoms with E-state index in [-0.39, 0.29) is 5.54 Å². The Morgan fingerprint density at radius 3 is 2.00 bits per heavy atom. The molecule has 0 amide bonds. The van der Waals surface area contributed by atoms with Crippen LogP contribution in [0.1, 0.15) is 79.6 Å². The highest BCUT2D eigenvalue weighted by Crippen LogP contribution is 2.17. The zero-order valence-corrected chi connectivity index (χ0v) is 13.4. The van der Waals surface area contributed by atoms with Crippen LogP contribution < -0.4 is 10.6 Å². The van der Waals surface area contributed by atoms with Crippen LogP contribution >= 0.6 is 0 Å². The largest absolute Gasteiger partial charge is 0.312 e. The number of hydrogen-bond acceptors (Lipinski definition) is 2.